The molecule has 3 heterocycles. The maximum Gasteiger partial charge on any atom is 0.221 e. The molecular weight excluding hydrogens is 502 g/mol. The molecule has 5 aromatic rings. The van der Waals surface area contributed by atoms with Gasteiger partial charge in [0.15, 0.2) is 5.11 Å². The van der Waals surface area contributed by atoms with E-state index in [1.165, 1.54) is 23.3 Å². The highest BCUT2D eigenvalue weighted by Gasteiger charge is 2.42. The highest BCUT2D eigenvalue weighted by molar-refractivity contribution is 7.80. The zero-order valence-corrected chi connectivity index (χ0v) is 22.9. The minimum Gasteiger partial charge on any atom is -0.351 e. The van der Waals surface area contributed by atoms with E-state index in [4.69, 9.17) is 17.2 Å². The topological polar surface area (TPSA) is 62.2 Å². The second-order valence-electron chi connectivity index (χ2n) is 9.88. The Morgan fingerprint density at radius 2 is 1.69 bits per heavy atom. The van der Waals surface area contributed by atoms with Crippen LogP contribution in [0.5, 0.6) is 0 Å². The Morgan fingerprint density at radius 1 is 0.949 bits per heavy atom. The number of rotatable bonds is 5. The van der Waals surface area contributed by atoms with Crippen LogP contribution in [-0.4, -0.2) is 20.6 Å². The number of fused-ring (bicyclic) bond motifs is 1. The van der Waals surface area contributed by atoms with E-state index in [2.05, 4.69) is 82.5 Å². The first kappa shape index (κ1) is 24.8. The van der Waals surface area contributed by atoms with Crippen molar-refractivity contribution >= 4 is 45.4 Å². The number of carbonyl (C=O) groups is 1. The van der Waals surface area contributed by atoms with Crippen molar-refractivity contribution in [3.63, 3.8) is 0 Å². The molecule has 0 saturated carbocycles. The third-order valence-corrected chi connectivity index (χ3v) is 7.67. The smallest absolute Gasteiger partial charge is 0.221 e. The maximum atomic E-state index is 11.6. The van der Waals surface area contributed by atoms with Crippen LogP contribution in [-0.2, 0) is 4.79 Å². The fraction of sp³-hybridized carbons (Fsp3) is 0.156. The third kappa shape index (κ3) is 4.45. The lowest BCUT2D eigenvalue weighted by Crippen LogP contribution is -2.29. The minimum atomic E-state index is -0.143. The quantitative estimate of drug-likeness (QED) is 0.245. The summed E-state index contributed by atoms with van der Waals surface area (Å²) < 4.78 is 2.34. The molecule has 1 amide bonds. The lowest BCUT2D eigenvalue weighted by molar-refractivity contribution is -0.114. The van der Waals surface area contributed by atoms with Gasteiger partial charge >= 0.3 is 0 Å². The van der Waals surface area contributed by atoms with E-state index < -0.39 is 0 Å². The largest absolute Gasteiger partial charge is 0.351 e. The van der Waals surface area contributed by atoms with Crippen LogP contribution < -0.4 is 15.5 Å². The van der Waals surface area contributed by atoms with E-state index in [9.17, 15) is 4.79 Å². The number of hydrogen-bond acceptors (Lipinski definition) is 3. The standard InChI is InChI=1S/C32H29N5OS/c1-20-19-27(21(2)36(20)29-13-8-10-23-9-4-5-11-26(23)29)31-30(28-12-6-7-18-33-28)35-32(39)37(31)25-16-14-24(15-17-25)34-22(3)38/h4-19,30-31H,1-3H3,(H,34,38)(H,35,39)/t30-,31+/m0/s1. The van der Waals surface area contributed by atoms with Crippen molar-refractivity contribution in [2.24, 2.45) is 0 Å². The molecule has 0 bridgehead atoms. The van der Waals surface area contributed by atoms with Crippen LogP contribution in [0.1, 0.15) is 41.7 Å². The summed E-state index contributed by atoms with van der Waals surface area (Å²) in [6.07, 6.45) is 1.82. The Balaban J connectivity index is 1.50. The van der Waals surface area contributed by atoms with Gasteiger partial charge in [-0.05, 0) is 85.5 Å². The molecule has 0 radical (unpaired) electrons. The number of carbonyl (C=O) groups excluding carboxylic acids is 1. The van der Waals surface area contributed by atoms with Gasteiger partial charge in [-0.3, -0.25) is 9.78 Å². The van der Waals surface area contributed by atoms with Crippen molar-refractivity contribution in [3.05, 3.63) is 120 Å². The van der Waals surface area contributed by atoms with Gasteiger partial charge in [0.2, 0.25) is 5.91 Å². The SMILES string of the molecule is CC(=O)Nc1ccc(N2C(=S)N[C@@H](c3ccccn3)[C@H]2c2cc(C)n(-c3cccc4ccccc34)c2C)cc1. The van der Waals surface area contributed by atoms with Gasteiger partial charge in [0.25, 0.3) is 0 Å². The van der Waals surface area contributed by atoms with Crippen LogP contribution >= 0.6 is 12.2 Å². The van der Waals surface area contributed by atoms with E-state index in [1.54, 1.807) is 0 Å². The summed E-state index contributed by atoms with van der Waals surface area (Å²) in [7, 11) is 0. The van der Waals surface area contributed by atoms with E-state index in [0.717, 1.165) is 34.1 Å². The Bertz CT molecular complexity index is 1690. The molecule has 39 heavy (non-hydrogen) atoms. The molecule has 2 aromatic heterocycles. The van der Waals surface area contributed by atoms with Crippen LogP contribution in [0.4, 0.5) is 11.4 Å². The molecule has 0 aliphatic carbocycles. The number of amides is 1. The van der Waals surface area contributed by atoms with E-state index >= 15 is 0 Å². The molecule has 0 spiro atoms. The number of anilines is 2. The predicted molar refractivity (Wildman–Crippen MR) is 161 cm³/mol. The van der Waals surface area contributed by atoms with Crippen molar-refractivity contribution in [2.45, 2.75) is 32.9 Å². The minimum absolute atomic E-state index is 0.102. The fourth-order valence-corrected chi connectivity index (χ4v) is 6.06. The number of hydrogen-bond donors (Lipinski definition) is 2. The number of aromatic nitrogens is 2. The van der Waals surface area contributed by atoms with Crippen molar-refractivity contribution in [1.82, 2.24) is 14.9 Å². The number of benzene rings is 3. The van der Waals surface area contributed by atoms with Crippen LogP contribution in [0.3, 0.4) is 0 Å². The Labute approximate surface area is 233 Å². The number of nitrogens with one attached hydrogen (secondary N) is 2. The molecule has 1 aliphatic heterocycles. The van der Waals surface area contributed by atoms with Crippen molar-refractivity contribution < 1.29 is 4.79 Å². The first-order valence-corrected chi connectivity index (χ1v) is 13.4. The summed E-state index contributed by atoms with van der Waals surface area (Å²) in [5, 5.41) is 9.45. The number of thiocarbonyl (C=S) groups is 1. The zero-order chi connectivity index (χ0) is 27.1. The average Bonchev–Trinajstić information content (AvgIpc) is 3.43. The Morgan fingerprint density at radius 3 is 2.44 bits per heavy atom. The van der Waals surface area contributed by atoms with E-state index in [-0.39, 0.29) is 18.0 Å². The van der Waals surface area contributed by atoms with Gasteiger partial charge in [-0.1, -0.05) is 42.5 Å². The molecule has 6 nitrogen and oxygen atoms in total. The molecule has 7 heteroatoms. The summed E-state index contributed by atoms with van der Waals surface area (Å²) in [5.74, 6) is -0.102. The Kier molecular flexibility index (Phi) is 6.37. The molecule has 2 N–H and O–H groups in total. The second-order valence-corrected chi connectivity index (χ2v) is 10.3. The fourth-order valence-electron chi connectivity index (χ4n) is 5.72. The zero-order valence-electron chi connectivity index (χ0n) is 22.1. The summed E-state index contributed by atoms with van der Waals surface area (Å²) in [5.41, 5.74) is 7.25. The van der Waals surface area contributed by atoms with Crippen molar-refractivity contribution in [1.29, 1.82) is 0 Å². The van der Waals surface area contributed by atoms with Gasteiger partial charge in [0.05, 0.1) is 23.5 Å². The van der Waals surface area contributed by atoms with E-state index in [1.807, 2.05) is 48.7 Å². The molecule has 1 saturated heterocycles. The van der Waals surface area contributed by atoms with Gasteiger partial charge in [-0.2, -0.15) is 0 Å². The number of pyridine rings is 1. The molecule has 2 atom stereocenters. The summed E-state index contributed by atoms with van der Waals surface area (Å²) >= 11 is 5.93. The molecular formula is C32H29N5OS. The molecule has 3 aromatic carbocycles. The van der Waals surface area contributed by atoms with Crippen LogP contribution in [0, 0.1) is 13.8 Å². The lowest BCUT2D eigenvalue weighted by Gasteiger charge is -2.28. The maximum absolute atomic E-state index is 11.6. The van der Waals surface area contributed by atoms with E-state index in [0.29, 0.717) is 5.11 Å². The number of aryl methyl sites for hydroxylation is 1. The van der Waals surface area contributed by atoms with Gasteiger partial charge in [-0.25, -0.2) is 0 Å². The highest BCUT2D eigenvalue weighted by Crippen LogP contribution is 2.44. The summed E-state index contributed by atoms with van der Waals surface area (Å²) in [6.45, 7) is 5.84. The van der Waals surface area contributed by atoms with Crippen molar-refractivity contribution in [3.8, 4) is 5.69 Å². The normalized spacial score (nSPS) is 16.9. The summed E-state index contributed by atoms with van der Waals surface area (Å²) in [4.78, 5) is 18.4. The number of nitrogens with zero attached hydrogens (tertiary/aromatic N) is 3. The van der Waals surface area contributed by atoms with Gasteiger partial charge in [0, 0.05) is 41.3 Å². The van der Waals surface area contributed by atoms with Crippen LogP contribution in [0.25, 0.3) is 16.5 Å². The van der Waals surface area contributed by atoms with Gasteiger partial charge < -0.3 is 20.1 Å². The van der Waals surface area contributed by atoms with Gasteiger partial charge in [0.1, 0.15) is 0 Å². The van der Waals surface area contributed by atoms with Gasteiger partial charge in [-0.15, -0.1) is 0 Å². The van der Waals surface area contributed by atoms with Crippen LogP contribution in [0.15, 0.2) is 97.2 Å². The third-order valence-electron chi connectivity index (χ3n) is 7.36. The molecule has 194 valence electrons. The molecule has 1 aliphatic rings. The first-order chi connectivity index (χ1) is 18.9. The lowest BCUT2D eigenvalue weighted by atomic mass is 9.96. The monoisotopic (exact) mass is 531 g/mol. The first-order valence-electron chi connectivity index (χ1n) is 13.0. The molecule has 1 fully saturated rings. The van der Waals surface area contributed by atoms with Crippen molar-refractivity contribution in [2.75, 3.05) is 10.2 Å². The predicted octanol–water partition coefficient (Wildman–Crippen LogP) is 6.78. The van der Waals surface area contributed by atoms with Crippen LogP contribution in [0.2, 0.25) is 0 Å². The Hall–Kier alpha value is -4.49. The highest BCUT2D eigenvalue weighted by atomic mass is 32.1. The second kappa shape index (κ2) is 10.0. The molecule has 0 unspecified atom stereocenters. The average molecular weight is 532 g/mol. The molecule has 6 rings (SSSR count). The summed E-state index contributed by atoms with van der Waals surface area (Å²) in [6, 6.07) is 30.7.